The second-order valence-corrected chi connectivity index (χ2v) is 4.05. The zero-order valence-corrected chi connectivity index (χ0v) is 11.4. The first kappa shape index (κ1) is 15.2. The largest absolute Gasteiger partial charge is 0.396 e. The van der Waals surface area contributed by atoms with Gasteiger partial charge < -0.3 is 20.1 Å². The Morgan fingerprint density at radius 3 is 2.63 bits per heavy atom. The maximum absolute atomic E-state index is 8.96. The van der Waals surface area contributed by atoms with Crippen LogP contribution in [0, 0.1) is 11.3 Å². The summed E-state index contributed by atoms with van der Waals surface area (Å²) in [7, 11) is 3.33. The monoisotopic (exact) mass is 264 g/mol. The number of anilines is 2. The number of nitrogen functional groups attached to an aromatic ring is 1. The molecule has 1 heterocycles. The van der Waals surface area contributed by atoms with Crippen molar-refractivity contribution in [3.63, 3.8) is 0 Å². The van der Waals surface area contributed by atoms with Gasteiger partial charge in [0.25, 0.3) is 0 Å². The summed E-state index contributed by atoms with van der Waals surface area (Å²) < 4.78 is 10.1. The van der Waals surface area contributed by atoms with Gasteiger partial charge in [-0.2, -0.15) is 5.26 Å². The molecule has 2 N–H and O–H groups in total. The van der Waals surface area contributed by atoms with E-state index in [-0.39, 0.29) is 5.69 Å². The van der Waals surface area contributed by atoms with Crippen LogP contribution in [-0.2, 0) is 9.47 Å². The van der Waals surface area contributed by atoms with Crippen LogP contribution in [0.5, 0.6) is 0 Å². The number of hydrogen-bond donors (Lipinski definition) is 1. The number of methoxy groups -OCH3 is 2. The molecule has 0 fully saturated rings. The van der Waals surface area contributed by atoms with Crippen LogP contribution in [-0.4, -0.2) is 45.5 Å². The fourth-order valence-corrected chi connectivity index (χ4v) is 1.67. The zero-order chi connectivity index (χ0) is 14.1. The predicted molar refractivity (Wildman–Crippen MR) is 73.9 cm³/mol. The third-order valence-electron chi connectivity index (χ3n) is 2.68. The van der Waals surface area contributed by atoms with Gasteiger partial charge in [-0.3, -0.25) is 0 Å². The molecule has 0 radical (unpaired) electrons. The lowest BCUT2D eigenvalue weighted by Crippen LogP contribution is -2.30. The summed E-state index contributed by atoms with van der Waals surface area (Å²) in [6.45, 7) is 2.78. The molecule has 104 valence electrons. The average Bonchev–Trinajstić information content (AvgIpc) is 2.43. The van der Waals surface area contributed by atoms with E-state index in [9.17, 15) is 0 Å². The summed E-state index contributed by atoms with van der Waals surface area (Å²) in [6.07, 6.45) is 0.883. The van der Waals surface area contributed by atoms with Crippen molar-refractivity contribution in [3.8, 4) is 6.07 Å². The molecule has 1 aromatic rings. The molecule has 19 heavy (non-hydrogen) atoms. The third kappa shape index (κ3) is 4.73. The van der Waals surface area contributed by atoms with Gasteiger partial charge in [-0.1, -0.05) is 0 Å². The van der Waals surface area contributed by atoms with E-state index >= 15 is 0 Å². The summed E-state index contributed by atoms with van der Waals surface area (Å²) >= 11 is 0. The quantitative estimate of drug-likeness (QED) is 0.706. The molecule has 0 unspecified atom stereocenters. The molecule has 0 aliphatic carbocycles. The van der Waals surface area contributed by atoms with Crippen molar-refractivity contribution in [2.24, 2.45) is 0 Å². The minimum absolute atomic E-state index is 0.256. The average molecular weight is 264 g/mol. The van der Waals surface area contributed by atoms with Crippen molar-refractivity contribution in [1.29, 1.82) is 5.26 Å². The van der Waals surface area contributed by atoms with E-state index in [1.165, 1.54) is 0 Å². The molecule has 0 atom stereocenters. The van der Waals surface area contributed by atoms with Crippen molar-refractivity contribution in [1.82, 2.24) is 4.98 Å². The molecule has 0 aliphatic heterocycles. The Morgan fingerprint density at radius 2 is 2.00 bits per heavy atom. The van der Waals surface area contributed by atoms with Crippen LogP contribution in [0.15, 0.2) is 12.1 Å². The van der Waals surface area contributed by atoms with Gasteiger partial charge in [0.1, 0.15) is 11.9 Å². The molecule has 0 aromatic carbocycles. The number of ether oxygens (including phenoxy) is 2. The van der Waals surface area contributed by atoms with Crippen molar-refractivity contribution in [2.75, 3.05) is 51.2 Å². The number of nitrogens with zero attached hydrogens (tertiary/aromatic N) is 3. The van der Waals surface area contributed by atoms with Crippen LogP contribution in [0.2, 0.25) is 0 Å². The van der Waals surface area contributed by atoms with E-state index in [0.717, 1.165) is 18.8 Å². The van der Waals surface area contributed by atoms with Crippen LogP contribution in [0.1, 0.15) is 12.1 Å². The molecule has 0 saturated carbocycles. The third-order valence-corrected chi connectivity index (χ3v) is 2.68. The summed E-state index contributed by atoms with van der Waals surface area (Å²) in [5.41, 5.74) is 6.33. The number of hydrogen-bond acceptors (Lipinski definition) is 6. The molecule has 0 saturated heterocycles. The summed E-state index contributed by atoms with van der Waals surface area (Å²) in [5, 5.41) is 8.96. The van der Waals surface area contributed by atoms with Gasteiger partial charge in [0.05, 0.1) is 12.3 Å². The van der Waals surface area contributed by atoms with Gasteiger partial charge in [-0.15, -0.1) is 0 Å². The highest BCUT2D eigenvalue weighted by molar-refractivity contribution is 5.55. The van der Waals surface area contributed by atoms with Crippen LogP contribution < -0.4 is 10.6 Å². The van der Waals surface area contributed by atoms with Gasteiger partial charge in [-0.25, -0.2) is 4.98 Å². The number of nitriles is 1. The lowest BCUT2D eigenvalue weighted by atomic mass is 10.3. The standard InChI is InChI=1S/C13H20N4O2/c1-18-8-3-6-17(7-9-19-2)13-5-4-11(15)12(10-14)16-13/h4-5H,3,6-9,15H2,1-2H3. The molecular formula is C13H20N4O2. The van der Waals surface area contributed by atoms with Gasteiger partial charge in [-0.05, 0) is 18.6 Å². The minimum atomic E-state index is 0.256. The smallest absolute Gasteiger partial charge is 0.165 e. The Hall–Kier alpha value is -1.84. The maximum Gasteiger partial charge on any atom is 0.165 e. The van der Waals surface area contributed by atoms with Crippen LogP contribution in [0.3, 0.4) is 0 Å². The van der Waals surface area contributed by atoms with Gasteiger partial charge in [0.2, 0.25) is 0 Å². The normalized spacial score (nSPS) is 10.2. The second-order valence-electron chi connectivity index (χ2n) is 4.05. The first-order valence-electron chi connectivity index (χ1n) is 6.12. The zero-order valence-electron chi connectivity index (χ0n) is 11.4. The highest BCUT2D eigenvalue weighted by Crippen LogP contribution is 2.16. The SMILES string of the molecule is COCCCN(CCOC)c1ccc(N)c(C#N)n1. The molecule has 1 rings (SSSR count). The fourth-order valence-electron chi connectivity index (χ4n) is 1.67. The van der Waals surface area contributed by atoms with E-state index in [0.29, 0.717) is 25.4 Å². The maximum atomic E-state index is 8.96. The highest BCUT2D eigenvalue weighted by Gasteiger charge is 2.10. The Balaban J connectivity index is 2.80. The van der Waals surface area contributed by atoms with Crippen LogP contribution in [0.25, 0.3) is 0 Å². The first-order valence-corrected chi connectivity index (χ1v) is 6.12. The highest BCUT2D eigenvalue weighted by atomic mass is 16.5. The Kier molecular flexibility index (Phi) is 6.64. The molecule has 6 heteroatoms. The Bertz CT molecular complexity index is 431. The molecule has 6 nitrogen and oxygen atoms in total. The lowest BCUT2D eigenvalue weighted by Gasteiger charge is -2.23. The number of aromatic nitrogens is 1. The molecule has 1 aromatic heterocycles. The van der Waals surface area contributed by atoms with Crippen LogP contribution >= 0.6 is 0 Å². The van der Waals surface area contributed by atoms with Gasteiger partial charge >= 0.3 is 0 Å². The topological polar surface area (TPSA) is 84.4 Å². The van der Waals surface area contributed by atoms with Gasteiger partial charge in [0, 0.05) is 33.9 Å². The van der Waals surface area contributed by atoms with E-state index in [1.54, 1.807) is 20.3 Å². The fraction of sp³-hybridized carbons (Fsp3) is 0.538. The molecular weight excluding hydrogens is 244 g/mol. The van der Waals surface area contributed by atoms with E-state index in [2.05, 4.69) is 9.88 Å². The Labute approximate surface area is 113 Å². The van der Waals surface area contributed by atoms with E-state index in [1.807, 2.05) is 12.1 Å². The number of rotatable bonds is 8. The molecule has 0 amide bonds. The molecule has 0 spiro atoms. The van der Waals surface area contributed by atoms with Crippen LogP contribution in [0.4, 0.5) is 11.5 Å². The van der Waals surface area contributed by atoms with Crippen molar-refractivity contribution in [3.05, 3.63) is 17.8 Å². The lowest BCUT2D eigenvalue weighted by molar-refractivity contribution is 0.191. The number of pyridine rings is 1. The molecule has 0 bridgehead atoms. The van der Waals surface area contributed by atoms with Crippen molar-refractivity contribution >= 4 is 11.5 Å². The van der Waals surface area contributed by atoms with Crippen molar-refractivity contribution < 1.29 is 9.47 Å². The summed E-state index contributed by atoms with van der Waals surface area (Å²) in [5.74, 6) is 0.735. The summed E-state index contributed by atoms with van der Waals surface area (Å²) in [6, 6.07) is 5.52. The summed E-state index contributed by atoms with van der Waals surface area (Å²) in [4.78, 5) is 6.32. The van der Waals surface area contributed by atoms with E-state index < -0.39 is 0 Å². The number of nitrogens with two attached hydrogens (primary N) is 1. The molecule has 0 aliphatic rings. The Morgan fingerprint density at radius 1 is 1.26 bits per heavy atom. The predicted octanol–water partition coefficient (Wildman–Crippen LogP) is 1.02. The first-order chi connectivity index (χ1) is 9.22. The minimum Gasteiger partial charge on any atom is -0.396 e. The van der Waals surface area contributed by atoms with E-state index in [4.69, 9.17) is 20.5 Å². The second kappa shape index (κ2) is 8.29. The van der Waals surface area contributed by atoms with Crippen molar-refractivity contribution in [2.45, 2.75) is 6.42 Å². The van der Waals surface area contributed by atoms with Gasteiger partial charge in [0.15, 0.2) is 5.69 Å².